The molecule has 0 radical (unpaired) electrons. The third-order valence-corrected chi connectivity index (χ3v) is 3.90. The van der Waals surface area contributed by atoms with Crippen LogP contribution in [-0.4, -0.2) is 27.0 Å². The van der Waals surface area contributed by atoms with Gasteiger partial charge in [-0.05, 0) is 29.7 Å². The summed E-state index contributed by atoms with van der Waals surface area (Å²) in [6.45, 7) is 0.408. The van der Waals surface area contributed by atoms with E-state index in [-0.39, 0.29) is 5.75 Å². The molecule has 0 saturated carbocycles. The van der Waals surface area contributed by atoms with Crippen molar-refractivity contribution in [1.29, 1.82) is 0 Å². The first-order valence-electron chi connectivity index (χ1n) is 6.51. The molecule has 0 atom stereocenters. The predicted molar refractivity (Wildman–Crippen MR) is 81.7 cm³/mol. The number of ether oxygens (including phenoxy) is 1. The third kappa shape index (κ3) is 4.70. The molecule has 2 rings (SSSR count). The molecule has 0 unspecified atom stereocenters. The Hall–Kier alpha value is -1.81. The van der Waals surface area contributed by atoms with E-state index in [1.54, 1.807) is 0 Å². The third-order valence-electron chi connectivity index (χ3n) is 2.87. The van der Waals surface area contributed by atoms with Crippen LogP contribution in [0.3, 0.4) is 0 Å². The summed E-state index contributed by atoms with van der Waals surface area (Å²) in [5.41, 5.74) is 2.22. The van der Waals surface area contributed by atoms with Gasteiger partial charge in [0.2, 0.25) is 0 Å². The maximum Gasteiger partial charge on any atom is 0.147 e. The molecule has 0 amide bonds. The number of hydrogen-bond donors (Lipinski definition) is 0. The van der Waals surface area contributed by atoms with Crippen molar-refractivity contribution in [2.24, 2.45) is 0 Å². The van der Waals surface area contributed by atoms with Gasteiger partial charge in [-0.15, -0.1) is 0 Å². The highest BCUT2D eigenvalue weighted by Gasteiger charge is 2.03. The Bertz CT molecular complexity index is 648. The predicted octanol–water partition coefficient (Wildman–Crippen LogP) is 3.17. The zero-order valence-electron chi connectivity index (χ0n) is 11.5. The van der Waals surface area contributed by atoms with Crippen molar-refractivity contribution in [3.8, 4) is 16.9 Å². The molecular weight excluding hydrogens is 272 g/mol. The summed E-state index contributed by atoms with van der Waals surface area (Å²) in [5, 5.41) is 0. The lowest BCUT2D eigenvalue weighted by Crippen LogP contribution is -2.07. The van der Waals surface area contributed by atoms with Crippen LogP contribution in [0.2, 0.25) is 0 Å². The lowest BCUT2D eigenvalue weighted by atomic mass is 10.1. The first-order valence-corrected chi connectivity index (χ1v) is 8.57. The Morgan fingerprint density at radius 1 is 0.950 bits per heavy atom. The number of sulfone groups is 1. The average Bonchev–Trinajstić information content (AvgIpc) is 2.44. The van der Waals surface area contributed by atoms with Gasteiger partial charge in [0.1, 0.15) is 15.6 Å². The van der Waals surface area contributed by atoms with Crippen LogP contribution >= 0.6 is 0 Å². The van der Waals surface area contributed by atoms with Crippen molar-refractivity contribution in [1.82, 2.24) is 0 Å². The van der Waals surface area contributed by atoms with E-state index >= 15 is 0 Å². The highest BCUT2D eigenvalue weighted by Crippen LogP contribution is 2.23. The Morgan fingerprint density at radius 2 is 1.65 bits per heavy atom. The molecule has 0 fully saturated rings. The molecule has 2 aromatic rings. The van der Waals surface area contributed by atoms with E-state index in [1.807, 2.05) is 54.6 Å². The smallest absolute Gasteiger partial charge is 0.147 e. The van der Waals surface area contributed by atoms with Crippen molar-refractivity contribution in [2.75, 3.05) is 18.6 Å². The topological polar surface area (TPSA) is 43.4 Å². The molecule has 0 aliphatic carbocycles. The second kappa shape index (κ2) is 6.57. The van der Waals surface area contributed by atoms with Crippen LogP contribution in [0.4, 0.5) is 0 Å². The summed E-state index contributed by atoms with van der Waals surface area (Å²) < 4.78 is 27.7. The average molecular weight is 290 g/mol. The largest absolute Gasteiger partial charge is 0.494 e. The van der Waals surface area contributed by atoms with Gasteiger partial charge in [-0.25, -0.2) is 8.42 Å². The first kappa shape index (κ1) is 14.6. The standard InChI is InChI=1S/C16H18O3S/c1-20(17,18)12-6-11-19-16-10-5-9-15(13-16)14-7-3-2-4-8-14/h2-5,7-10,13H,6,11-12H2,1H3. The molecule has 0 N–H and O–H groups in total. The molecule has 0 saturated heterocycles. The zero-order chi connectivity index (χ0) is 14.4. The van der Waals surface area contributed by atoms with Gasteiger partial charge in [0.25, 0.3) is 0 Å². The summed E-state index contributed by atoms with van der Waals surface area (Å²) in [7, 11) is -2.91. The van der Waals surface area contributed by atoms with Crippen LogP contribution in [0.1, 0.15) is 6.42 Å². The van der Waals surface area contributed by atoms with Crippen LogP contribution in [0, 0.1) is 0 Å². The van der Waals surface area contributed by atoms with Gasteiger partial charge in [0, 0.05) is 6.26 Å². The SMILES string of the molecule is CS(=O)(=O)CCCOc1cccc(-c2ccccc2)c1. The van der Waals surface area contributed by atoms with Crippen molar-refractivity contribution in [2.45, 2.75) is 6.42 Å². The molecule has 0 aliphatic rings. The van der Waals surface area contributed by atoms with Crippen molar-refractivity contribution >= 4 is 9.84 Å². The molecule has 4 heteroatoms. The molecule has 2 aromatic carbocycles. The second-order valence-electron chi connectivity index (χ2n) is 4.73. The van der Waals surface area contributed by atoms with E-state index in [2.05, 4.69) is 0 Å². The summed E-state index contributed by atoms with van der Waals surface area (Å²) in [5.74, 6) is 0.922. The summed E-state index contributed by atoms with van der Waals surface area (Å²) >= 11 is 0. The maximum absolute atomic E-state index is 11.0. The minimum absolute atomic E-state index is 0.158. The summed E-state index contributed by atoms with van der Waals surface area (Å²) in [4.78, 5) is 0. The molecule has 0 aliphatic heterocycles. The van der Waals surface area contributed by atoms with E-state index in [4.69, 9.17) is 4.74 Å². The monoisotopic (exact) mass is 290 g/mol. The van der Waals surface area contributed by atoms with Crippen LogP contribution in [0.5, 0.6) is 5.75 Å². The fourth-order valence-electron chi connectivity index (χ4n) is 1.91. The Kier molecular flexibility index (Phi) is 4.79. The van der Waals surface area contributed by atoms with Crippen molar-refractivity contribution < 1.29 is 13.2 Å². The number of hydrogen-bond acceptors (Lipinski definition) is 3. The molecule has 0 spiro atoms. The van der Waals surface area contributed by atoms with E-state index in [1.165, 1.54) is 6.26 Å². The van der Waals surface area contributed by atoms with Crippen LogP contribution in [0.15, 0.2) is 54.6 Å². The van der Waals surface area contributed by atoms with Gasteiger partial charge < -0.3 is 4.74 Å². The van der Waals surface area contributed by atoms with E-state index < -0.39 is 9.84 Å². The van der Waals surface area contributed by atoms with Gasteiger partial charge >= 0.3 is 0 Å². The minimum atomic E-state index is -2.91. The quantitative estimate of drug-likeness (QED) is 0.768. The van der Waals surface area contributed by atoms with Gasteiger partial charge in [-0.2, -0.15) is 0 Å². The van der Waals surface area contributed by atoms with Crippen LogP contribution in [-0.2, 0) is 9.84 Å². The van der Waals surface area contributed by atoms with Crippen molar-refractivity contribution in [3.05, 3.63) is 54.6 Å². The van der Waals surface area contributed by atoms with E-state index in [9.17, 15) is 8.42 Å². The molecule has 20 heavy (non-hydrogen) atoms. The highest BCUT2D eigenvalue weighted by molar-refractivity contribution is 7.90. The van der Waals surface area contributed by atoms with Crippen molar-refractivity contribution in [3.63, 3.8) is 0 Å². The number of benzene rings is 2. The molecule has 0 bridgehead atoms. The Morgan fingerprint density at radius 3 is 2.35 bits per heavy atom. The zero-order valence-corrected chi connectivity index (χ0v) is 12.3. The molecule has 0 heterocycles. The normalized spacial score (nSPS) is 11.2. The lowest BCUT2D eigenvalue weighted by Gasteiger charge is -2.08. The highest BCUT2D eigenvalue weighted by atomic mass is 32.2. The lowest BCUT2D eigenvalue weighted by molar-refractivity contribution is 0.318. The maximum atomic E-state index is 11.0. The fourth-order valence-corrected chi connectivity index (χ4v) is 2.55. The minimum Gasteiger partial charge on any atom is -0.494 e. The molecular formula is C16H18O3S. The van der Waals surface area contributed by atoms with Gasteiger partial charge in [-0.3, -0.25) is 0 Å². The van der Waals surface area contributed by atoms with Gasteiger partial charge in [-0.1, -0.05) is 42.5 Å². The number of rotatable bonds is 6. The first-order chi connectivity index (χ1) is 9.54. The molecule has 0 aromatic heterocycles. The molecule has 106 valence electrons. The summed E-state index contributed by atoms with van der Waals surface area (Å²) in [6.07, 6.45) is 1.75. The second-order valence-corrected chi connectivity index (χ2v) is 6.99. The Balaban J connectivity index is 1.97. The Labute approximate surface area is 120 Å². The van der Waals surface area contributed by atoms with Crippen LogP contribution < -0.4 is 4.74 Å². The van der Waals surface area contributed by atoms with E-state index in [0.717, 1.165) is 16.9 Å². The molecule has 3 nitrogen and oxygen atoms in total. The van der Waals surface area contributed by atoms with E-state index in [0.29, 0.717) is 13.0 Å². The fraction of sp³-hybridized carbons (Fsp3) is 0.250. The van der Waals surface area contributed by atoms with Gasteiger partial charge in [0.05, 0.1) is 12.4 Å². The summed E-state index contributed by atoms with van der Waals surface area (Å²) in [6, 6.07) is 17.9. The van der Waals surface area contributed by atoms with Crippen LogP contribution in [0.25, 0.3) is 11.1 Å². The van der Waals surface area contributed by atoms with Gasteiger partial charge in [0.15, 0.2) is 0 Å².